The number of methoxy groups -OCH3 is 2. The molecule has 3 rings (SSSR count). The number of hydrogen-bond donors (Lipinski definition) is 1. The van der Waals surface area contributed by atoms with Crippen LogP contribution in [0.2, 0.25) is 0 Å². The second-order valence-corrected chi connectivity index (χ2v) is 7.59. The molecule has 0 radical (unpaired) electrons. The summed E-state index contributed by atoms with van der Waals surface area (Å²) in [6, 6.07) is 10.8. The number of carbonyl (C=O) groups is 2. The lowest BCUT2D eigenvalue weighted by atomic mass is 9.93. The third-order valence-electron chi connectivity index (χ3n) is 5.65. The van der Waals surface area contributed by atoms with Gasteiger partial charge in [0.05, 0.1) is 12.6 Å². The first kappa shape index (κ1) is 21.8. The Hall–Kier alpha value is -2.93. The molecule has 1 aliphatic heterocycles. The van der Waals surface area contributed by atoms with Crippen molar-refractivity contribution < 1.29 is 23.5 Å². The van der Waals surface area contributed by atoms with Gasteiger partial charge in [0.2, 0.25) is 0 Å². The van der Waals surface area contributed by atoms with Crippen molar-refractivity contribution >= 4 is 11.8 Å². The molecule has 0 aromatic heterocycles. The van der Waals surface area contributed by atoms with Crippen LogP contribution in [0.5, 0.6) is 5.75 Å². The molecule has 1 saturated heterocycles. The van der Waals surface area contributed by atoms with Crippen LogP contribution in [0.1, 0.15) is 39.1 Å². The summed E-state index contributed by atoms with van der Waals surface area (Å²) < 4.78 is 23.8. The number of carbonyl (C=O) groups excluding carboxylic acids is 2. The SMILES string of the molecule is COCCC1(NC(=O)c2ccc(F)cc2)CCN(C(=O)c2cccc(OC)c2C)C1. The minimum Gasteiger partial charge on any atom is -0.496 e. The highest BCUT2D eigenvalue weighted by atomic mass is 19.1. The number of nitrogens with one attached hydrogen (secondary N) is 1. The van der Waals surface area contributed by atoms with Crippen molar-refractivity contribution in [2.75, 3.05) is 33.9 Å². The van der Waals surface area contributed by atoms with Crippen molar-refractivity contribution in [3.05, 3.63) is 65.0 Å². The van der Waals surface area contributed by atoms with Crippen LogP contribution in [0, 0.1) is 12.7 Å². The number of nitrogens with zero attached hydrogens (tertiary/aromatic N) is 1. The summed E-state index contributed by atoms with van der Waals surface area (Å²) in [4.78, 5) is 27.7. The number of amides is 2. The zero-order valence-electron chi connectivity index (χ0n) is 17.5. The van der Waals surface area contributed by atoms with Gasteiger partial charge >= 0.3 is 0 Å². The first-order valence-electron chi connectivity index (χ1n) is 9.89. The lowest BCUT2D eigenvalue weighted by Gasteiger charge is -2.31. The van der Waals surface area contributed by atoms with Crippen LogP contribution in [0.4, 0.5) is 4.39 Å². The van der Waals surface area contributed by atoms with Gasteiger partial charge in [-0.15, -0.1) is 0 Å². The zero-order chi connectivity index (χ0) is 21.7. The summed E-state index contributed by atoms with van der Waals surface area (Å²) in [6.07, 6.45) is 1.18. The minimum atomic E-state index is -0.607. The molecular formula is C23H27FN2O4. The van der Waals surface area contributed by atoms with Crippen LogP contribution in [0.25, 0.3) is 0 Å². The number of halogens is 1. The van der Waals surface area contributed by atoms with Gasteiger partial charge in [-0.05, 0) is 56.2 Å². The molecule has 0 spiro atoms. The molecule has 30 heavy (non-hydrogen) atoms. The highest BCUT2D eigenvalue weighted by Gasteiger charge is 2.41. The fourth-order valence-corrected chi connectivity index (χ4v) is 3.86. The maximum Gasteiger partial charge on any atom is 0.254 e. The Morgan fingerprint density at radius 1 is 1.17 bits per heavy atom. The Labute approximate surface area is 176 Å². The molecular weight excluding hydrogens is 387 g/mol. The summed E-state index contributed by atoms with van der Waals surface area (Å²) >= 11 is 0. The van der Waals surface area contributed by atoms with E-state index in [0.29, 0.717) is 49.4 Å². The average Bonchev–Trinajstić information content (AvgIpc) is 3.16. The third kappa shape index (κ3) is 4.62. The van der Waals surface area contributed by atoms with Crippen LogP contribution in [-0.4, -0.2) is 56.2 Å². The maximum atomic E-state index is 13.2. The molecule has 1 N–H and O–H groups in total. The van der Waals surface area contributed by atoms with Crippen molar-refractivity contribution in [2.45, 2.75) is 25.3 Å². The van der Waals surface area contributed by atoms with Gasteiger partial charge in [0.25, 0.3) is 11.8 Å². The molecule has 1 heterocycles. The highest BCUT2D eigenvalue weighted by molar-refractivity contribution is 5.97. The molecule has 0 saturated carbocycles. The Bertz CT molecular complexity index is 916. The van der Waals surface area contributed by atoms with Crippen molar-refractivity contribution in [2.24, 2.45) is 0 Å². The molecule has 2 aromatic rings. The smallest absolute Gasteiger partial charge is 0.254 e. The van der Waals surface area contributed by atoms with Crippen molar-refractivity contribution in [3.63, 3.8) is 0 Å². The normalized spacial score (nSPS) is 18.3. The van der Waals surface area contributed by atoms with Gasteiger partial charge in [0.1, 0.15) is 11.6 Å². The van der Waals surface area contributed by atoms with E-state index in [1.54, 1.807) is 31.3 Å². The van der Waals surface area contributed by atoms with Gasteiger partial charge in [-0.3, -0.25) is 9.59 Å². The second kappa shape index (κ2) is 9.26. The maximum absolute atomic E-state index is 13.2. The first-order chi connectivity index (χ1) is 14.4. The van der Waals surface area contributed by atoms with E-state index < -0.39 is 11.4 Å². The number of benzene rings is 2. The van der Waals surface area contributed by atoms with Gasteiger partial charge in [0.15, 0.2) is 0 Å². The molecule has 2 amide bonds. The first-order valence-corrected chi connectivity index (χ1v) is 9.89. The topological polar surface area (TPSA) is 67.9 Å². The molecule has 1 aliphatic rings. The number of likely N-dealkylation sites (tertiary alicyclic amines) is 1. The average molecular weight is 414 g/mol. The van der Waals surface area contributed by atoms with Crippen LogP contribution in [0.15, 0.2) is 42.5 Å². The summed E-state index contributed by atoms with van der Waals surface area (Å²) in [5, 5.41) is 3.08. The van der Waals surface area contributed by atoms with E-state index in [-0.39, 0.29) is 11.8 Å². The Morgan fingerprint density at radius 2 is 1.90 bits per heavy atom. The minimum absolute atomic E-state index is 0.0956. The highest BCUT2D eigenvalue weighted by Crippen LogP contribution is 2.29. The summed E-state index contributed by atoms with van der Waals surface area (Å²) in [6.45, 7) is 3.20. The zero-order valence-corrected chi connectivity index (χ0v) is 17.5. The largest absolute Gasteiger partial charge is 0.496 e. The fourth-order valence-electron chi connectivity index (χ4n) is 3.86. The quantitative estimate of drug-likeness (QED) is 0.756. The van der Waals surface area contributed by atoms with Gasteiger partial charge < -0.3 is 19.7 Å². The fraction of sp³-hybridized carbons (Fsp3) is 0.391. The monoisotopic (exact) mass is 414 g/mol. The number of ether oxygens (including phenoxy) is 2. The van der Waals surface area contributed by atoms with Gasteiger partial charge in [-0.1, -0.05) is 6.07 Å². The number of hydrogen-bond acceptors (Lipinski definition) is 4. The van der Waals surface area contributed by atoms with E-state index in [4.69, 9.17) is 9.47 Å². The molecule has 7 heteroatoms. The molecule has 1 atom stereocenters. The van der Waals surface area contributed by atoms with E-state index in [2.05, 4.69) is 5.32 Å². The van der Waals surface area contributed by atoms with E-state index in [1.807, 2.05) is 13.0 Å². The molecule has 1 fully saturated rings. The molecule has 1 unspecified atom stereocenters. The van der Waals surface area contributed by atoms with Crippen molar-refractivity contribution in [3.8, 4) is 5.75 Å². The molecule has 6 nitrogen and oxygen atoms in total. The lowest BCUT2D eigenvalue weighted by Crippen LogP contribution is -2.51. The van der Waals surface area contributed by atoms with Crippen LogP contribution in [-0.2, 0) is 4.74 Å². The van der Waals surface area contributed by atoms with E-state index in [9.17, 15) is 14.0 Å². The Morgan fingerprint density at radius 3 is 2.57 bits per heavy atom. The van der Waals surface area contributed by atoms with Gasteiger partial charge in [0, 0.05) is 43.5 Å². The van der Waals surface area contributed by atoms with Crippen molar-refractivity contribution in [1.82, 2.24) is 10.2 Å². The Kier molecular flexibility index (Phi) is 6.72. The molecule has 2 aromatic carbocycles. The lowest BCUT2D eigenvalue weighted by molar-refractivity contribution is 0.0746. The molecule has 0 bridgehead atoms. The van der Waals surface area contributed by atoms with Crippen molar-refractivity contribution in [1.29, 1.82) is 0 Å². The van der Waals surface area contributed by atoms with Crippen LogP contribution in [0.3, 0.4) is 0 Å². The van der Waals surface area contributed by atoms with E-state index in [1.165, 1.54) is 24.3 Å². The summed E-state index contributed by atoms with van der Waals surface area (Å²) in [5.74, 6) is -0.123. The van der Waals surface area contributed by atoms with E-state index >= 15 is 0 Å². The summed E-state index contributed by atoms with van der Waals surface area (Å²) in [7, 11) is 3.18. The standard InChI is InChI=1S/C23H27FN2O4/c1-16-19(5-4-6-20(16)30-3)22(28)26-13-11-23(15-26,12-14-29-2)25-21(27)17-7-9-18(24)10-8-17/h4-10H,11-15H2,1-3H3,(H,25,27). The molecule has 160 valence electrons. The number of rotatable bonds is 7. The van der Waals surface area contributed by atoms with Gasteiger partial charge in [-0.2, -0.15) is 0 Å². The van der Waals surface area contributed by atoms with Crippen LogP contribution < -0.4 is 10.1 Å². The molecule has 0 aliphatic carbocycles. The summed E-state index contributed by atoms with van der Waals surface area (Å²) in [5.41, 5.74) is 1.14. The van der Waals surface area contributed by atoms with Crippen LogP contribution >= 0.6 is 0 Å². The van der Waals surface area contributed by atoms with E-state index in [0.717, 1.165) is 5.56 Å². The Balaban J connectivity index is 1.79. The second-order valence-electron chi connectivity index (χ2n) is 7.59. The third-order valence-corrected chi connectivity index (χ3v) is 5.65. The van der Waals surface area contributed by atoms with Gasteiger partial charge in [-0.25, -0.2) is 4.39 Å². The predicted octanol–water partition coefficient (Wildman–Crippen LogP) is 3.19. The predicted molar refractivity (Wildman–Crippen MR) is 111 cm³/mol.